The minimum absolute atomic E-state index is 0.0900. The van der Waals surface area contributed by atoms with Crippen molar-refractivity contribution in [2.45, 2.75) is 37.8 Å². The van der Waals surface area contributed by atoms with Crippen molar-refractivity contribution in [3.63, 3.8) is 0 Å². The first-order chi connectivity index (χ1) is 8.50. The van der Waals surface area contributed by atoms with Crippen LogP contribution >= 0.6 is 0 Å². The van der Waals surface area contributed by atoms with E-state index in [4.69, 9.17) is 5.73 Å². The van der Waals surface area contributed by atoms with Crippen molar-refractivity contribution in [2.75, 3.05) is 0 Å². The number of aliphatic hydroxyl groups excluding tert-OH is 1. The van der Waals surface area contributed by atoms with Crippen LogP contribution in [-0.4, -0.2) is 26.5 Å². The lowest BCUT2D eigenvalue weighted by Crippen LogP contribution is -2.32. The maximum Gasteiger partial charge on any atom is 0.127 e. The number of aromatic hydroxyl groups is 3. The zero-order valence-electron chi connectivity index (χ0n) is 10.1. The highest BCUT2D eigenvalue weighted by Gasteiger charge is 2.31. The molecule has 18 heavy (non-hydrogen) atoms. The molecule has 0 bridgehead atoms. The van der Waals surface area contributed by atoms with Gasteiger partial charge >= 0.3 is 0 Å². The van der Waals surface area contributed by atoms with Crippen molar-refractivity contribution in [2.24, 2.45) is 11.7 Å². The van der Waals surface area contributed by atoms with Gasteiger partial charge in [0.15, 0.2) is 0 Å². The van der Waals surface area contributed by atoms with Crippen LogP contribution in [0.25, 0.3) is 0 Å². The van der Waals surface area contributed by atoms with Crippen molar-refractivity contribution in [1.29, 1.82) is 0 Å². The maximum absolute atomic E-state index is 10.2. The molecular weight excluding hydrogens is 234 g/mol. The van der Waals surface area contributed by atoms with Crippen LogP contribution in [0, 0.1) is 5.92 Å². The molecule has 100 valence electrons. The first-order valence-electron chi connectivity index (χ1n) is 6.19. The highest BCUT2D eigenvalue weighted by molar-refractivity contribution is 5.50. The molecule has 5 nitrogen and oxygen atoms in total. The Hall–Kier alpha value is -1.46. The third-order valence-corrected chi connectivity index (χ3v) is 3.71. The van der Waals surface area contributed by atoms with Crippen molar-refractivity contribution in [1.82, 2.24) is 0 Å². The van der Waals surface area contributed by atoms with Gasteiger partial charge in [0, 0.05) is 12.1 Å². The van der Waals surface area contributed by atoms with Crippen molar-refractivity contribution in [3.8, 4) is 17.2 Å². The molecule has 0 saturated heterocycles. The molecule has 0 unspecified atom stereocenters. The van der Waals surface area contributed by atoms with E-state index in [9.17, 15) is 20.4 Å². The Bertz CT molecular complexity index is 406. The van der Waals surface area contributed by atoms with Gasteiger partial charge in [-0.3, -0.25) is 0 Å². The van der Waals surface area contributed by atoms with Crippen LogP contribution in [0.15, 0.2) is 12.1 Å². The average Bonchev–Trinajstić information content (AvgIpc) is 2.79. The zero-order chi connectivity index (χ0) is 13.3. The number of hydrogen-bond donors (Lipinski definition) is 5. The number of rotatable bonds is 3. The number of nitrogens with two attached hydrogens (primary N) is 1. The van der Waals surface area contributed by atoms with Gasteiger partial charge in [0.25, 0.3) is 0 Å². The van der Waals surface area contributed by atoms with Gasteiger partial charge in [-0.1, -0.05) is 12.8 Å². The molecule has 0 aliphatic heterocycles. The SMILES string of the molecule is N[C@@H](c1c(O)cc(O)cc1O)[C@H](O)C1CCCC1. The van der Waals surface area contributed by atoms with Crippen LogP contribution in [0.1, 0.15) is 37.3 Å². The van der Waals surface area contributed by atoms with E-state index in [1.807, 2.05) is 0 Å². The quantitative estimate of drug-likeness (QED) is 0.559. The van der Waals surface area contributed by atoms with Gasteiger partial charge in [-0.15, -0.1) is 0 Å². The van der Waals surface area contributed by atoms with Crippen LogP contribution in [-0.2, 0) is 0 Å². The van der Waals surface area contributed by atoms with Crippen molar-refractivity contribution < 1.29 is 20.4 Å². The lowest BCUT2D eigenvalue weighted by atomic mass is 9.90. The van der Waals surface area contributed by atoms with Gasteiger partial charge in [-0.05, 0) is 18.8 Å². The second kappa shape index (κ2) is 5.04. The average molecular weight is 253 g/mol. The smallest absolute Gasteiger partial charge is 0.127 e. The summed E-state index contributed by atoms with van der Waals surface area (Å²) in [4.78, 5) is 0. The van der Waals surface area contributed by atoms with Crippen LogP contribution in [0.3, 0.4) is 0 Å². The molecule has 1 fully saturated rings. The number of benzene rings is 1. The number of phenolic OH excluding ortho intramolecular Hbond substituents is 3. The third kappa shape index (κ3) is 2.37. The second-order valence-corrected chi connectivity index (χ2v) is 4.96. The van der Waals surface area contributed by atoms with E-state index < -0.39 is 12.1 Å². The molecule has 0 spiro atoms. The summed E-state index contributed by atoms with van der Waals surface area (Å²) in [6.07, 6.45) is 3.17. The van der Waals surface area contributed by atoms with Crippen LogP contribution < -0.4 is 5.73 Å². The predicted molar refractivity (Wildman–Crippen MR) is 66.3 cm³/mol. The summed E-state index contributed by atoms with van der Waals surface area (Å²) in [6.45, 7) is 0. The molecule has 0 radical (unpaired) electrons. The monoisotopic (exact) mass is 253 g/mol. The lowest BCUT2D eigenvalue weighted by molar-refractivity contribution is 0.0826. The van der Waals surface area contributed by atoms with Crippen LogP contribution in [0.4, 0.5) is 0 Å². The van der Waals surface area contributed by atoms with E-state index in [1.165, 1.54) is 0 Å². The summed E-state index contributed by atoms with van der Waals surface area (Å²) < 4.78 is 0. The van der Waals surface area contributed by atoms with Crippen LogP contribution in [0.2, 0.25) is 0 Å². The first-order valence-corrected chi connectivity index (χ1v) is 6.19. The Labute approximate surface area is 105 Å². The Kier molecular flexibility index (Phi) is 3.63. The largest absolute Gasteiger partial charge is 0.508 e. The summed E-state index contributed by atoms with van der Waals surface area (Å²) in [7, 11) is 0. The maximum atomic E-state index is 10.2. The third-order valence-electron chi connectivity index (χ3n) is 3.71. The molecule has 2 atom stereocenters. The van der Waals surface area contributed by atoms with E-state index in [1.54, 1.807) is 0 Å². The van der Waals surface area contributed by atoms with E-state index in [0.717, 1.165) is 37.8 Å². The molecule has 1 aliphatic carbocycles. The predicted octanol–water partition coefficient (Wildman–Crippen LogP) is 1.35. The fourth-order valence-corrected chi connectivity index (χ4v) is 2.71. The molecular formula is C13H19NO4. The van der Waals surface area contributed by atoms with Gasteiger partial charge in [-0.25, -0.2) is 0 Å². The molecule has 1 aromatic carbocycles. The minimum atomic E-state index is -0.853. The Morgan fingerprint density at radius 3 is 2.06 bits per heavy atom. The Morgan fingerprint density at radius 2 is 1.56 bits per heavy atom. The normalized spacial score (nSPS) is 19.9. The Morgan fingerprint density at radius 1 is 1.06 bits per heavy atom. The fourth-order valence-electron chi connectivity index (χ4n) is 2.71. The molecule has 6 N–H and O–H groups in total. The van der Waals surface area contributed by atoms with Crippen LogP contribution in [0.5, 0.6) is 17.2 Å². The lowest BCUT2D eigenvalue weighted by Gasteiger charge is -2.25. The molecule has 0 aromatic heterocycles. The number of aliphatic hydroxyl groups is 1. The van der Waals surface area contributed by atoms with Gasteiger partial charge in [0.1, 0.15) is 17.2 Å². The first kappa shape index (κ1) is 13.0. The summed E-state index contributed by atoms with van der Waals surface area (Å²) in [5.74, 6) is -0.724. The molecule has 1 aromatic rings. The van der Waals surface area contributed by atoms with E-state index in [0.29, 0.717) is 0 Å². The van der Waals surface area contributed by atoms with Crippen molar-refractivity contribution >= 4 is 0 Å². The minimum Gasteiger partial charge on any atom is -0.508 e. The Balaban J connectivity index is 2.24. The molecule has 1 aliphatic rings. The van der Waals surface area contributed by atoms with Gasteiger partial charge in [-0.2, -0.15) is 0 Å². The highest BCUT2D eigenvalue weighted by Crippen LogP contribution is 2.40. The molecule has 0 amide bonds. The van der Waals surface area contributed by atoms with E-state index in [-0.39, 0.29) is 28.7 Å². The fraction of sp³-hybridized carbons (Fsp3) is 0.538. The van der Waals surface area contributed by atoms with Crippen molar-refractivity contribution in [3.05, 3.63) is 17.7 Å². The molecule has 0 heterocycles. The van der Waals surface area contributed by atoms with E-state index >= 15 is 0 Å². The number of phenols is 3. The standard InChI is InChI=1S/C13H19NO4/c14-12(13(18)7-3-1-2-4-7)11-9(16)5-8(15)6-10(11)17/h5-7,12-13,15-18H,1-4,14H2/t12-,13+/m0/s1. The molecule has 1 saturated carbocycles. The summed E-state index contributed by atoms with van der Waals surface area (Å²) >= 11 is 0. The summed E-state index contributed by atoms with van der Waals surface area (Å²) in [6, 6.07) is 1.36. The summed E-state index contributed by atoms with van der Waals surface area (Å²) in [5, 5.41) is 38.9. The second-order valence-electron chi connectivity index (χ2n) is 4.96. The van der Waals surface area contributed by atoms with E-state index in [2.05, 4.69) is 0 Å². The topological polar surface area (TPSA) is 107 Å². The van der Waals surface area contributed by atoms with Gasteiger partial charge in [0.2, 0.25) is 0 Å². The van der Waals surface area contributed by atoms with Gasteiger partial charge in [0.05, 0.1) is 17.7 Å². The highest BCUT2D eigenvalue weighted by atomic mass is 16.3. The summed E-state index contributed by atoms with van der Waals surface area (Å²) in [5.41, 5.74) is 6.01. The molecule has 5 heteroatoms. The van der Waals surface area contributed by atoms with Gasteiger partial charge < -0.3 is 26.2 Å². The zero-order valence-corrected chi connectivity index (χ0v) is 10.1. The molecule has 2 rings (SSSR count). The number of hydrogen-bond acceptors (Lipinski definition) is 5.